The molecule has 2 saturated heterocycles. The van der Waals surface area contributed by atoms with Crippen molar-refractivity contribution in [2.45, 2.75) is 56.7 Å². The van der Waals surface area contributed by atoms with Crippen LogP contribution in [0.5, 0.6) is 5.75 Å². The summed E-state index contributed by atoms with van der Waals surface area (Å²) in [5.41, 5.74) is 2.28. The summed E-state index contributed by atoms with van der Waals surface area (Å²) in [5.74, 6) is 0.689. The Kier molecular flexibility index (Phi) is 6.10. The van der Waals surface area contributed by atoms with Crippen LogP contribution in [0, 0.1) is 0 Å². The van der Waals surface area contributed by atoms with Crippen molar-refractivity contribution in [2.24, 2.45) is 0 Å². The standard InChI is InChI=1S/C26H31N5O4/c1-26-14-21(16-6-5-7-18(12-16)35-2)31(22(26)8-3-4-9-23(32)30-26)15-24(33)27-17-10-11-19-20(13-17)29-25(34)28-19/h5-7,10-13,21-22H,3-4,8-9,14-15H2,1-2H3,(H,27,33)(H,30,32)(H2,28,29,34)/t21-,22-,26-/m0/s1. The fourth-order valence-electron chi connectivity index (χ4n) is 5.72. The normalized spacial score (nSPS) is 24.9. The second-order valence-electron chi connectivity index (χ2n) is 9.78. The number of amides is 2. The first-order chi connectivity index (χ1) is 16.8. The van der Waals surface area contributed by atoms with Crippen LogP contribution in [0.15, 0.2) is 47.3 Å². The Bertz CT molecular complexity index is 1310. The first kappa shape index (κ1) is 23.2. The summed E-state index contributed by atoms with van der Waals surface area (Å²) in [5, 5.41) is 6.26. The zero-order valence-electron chi connectivity index (χ0n) is 20.0. The molecule has 9 heteroatoms. The van der Waals surface area contributed by atoms with Gasteiger partial charge in [0.05, 0.1) is 30.2 Å². The number of aromatic amines is 2. The third kappa shape index (κ3) is 4.68. The number of ether oxygens (including phenoxy) is 1. The second kappa shape index (κ2) is 9.22. The molecule has 0 radical (unpaired) electrons. The van der Waals surface area contributed by atoms with E-state index in [4.69, 9.17) is 4.74 Å². The van der Waals surface area contributed by atoms with Crippen molar-refractivity contribution in [1.29, 1.82) is 0 Å². The topological polar surface area (TPSA) is 119 Å². The van der Waals surface area contributed by atoms with Gasteiger partial charge in [0.15, 0.2) is 0 Å². The molecule has 184 valence electrons. The predicted molar refractivity (Wildman–Crippen MR) is 133 cm³/mol. The number of H-pyrrole nitrogens is 2. The molecule has 2 amide bonds. The number of methoxy groups -OCH3 is 1. The third-order valence-corrected chi connectivity index (χ3v) is 7.31. The van der Waals surface area contributed by atoms with E-state index >= 15 is 0 Å². The van der Waals surface area contributed by atoms with Gasteiger partial charge in [0, 0.05) is 24.2 Å². The maximum absolute atomic E-state index is 13.3. The summed E-state index contributed by atoms with van der Waals surface area (Å²) in [4.78, 5) is 45.0. The average molecular weight is 478 g/mol. The number of benzene rings is 2. The third-order valence-electron chi connectivity index (χ3n) is 7.31. The van der Waals surface area contributed by atoms with Crippen LogP contribution in [0.2, 0.25) is 0 Å². The highest BCUT2D eigenvalue weighted by Crippen LogP contribution is 2.45. The van der Waals surface area contributed by atoms with Crippen molar-refractivity contribution < 1.29 is 14.3 Å². The fraction of sp³-hybridized carbons (Fsp3) is 0.423. The lowest BCUT2D eigenvalue weighted by Gasteiger charge is -2.38. The van der Waals surface area contributed by atoms with Gasteiger partial charge in [0.1, 0.15) is 5.75 Å². The maximum Gasteiger partial charge on any atom is 0.323 e. The Labute approximate surface area is 203 Å². The van der Waals surface area contributed by atoms with Gasteiger partial charge in [0.25, 0.3) is 0 Å². The lowest BCUT2D eigenvalue weighted by atomic mass is 9.85. The first-order valence-corrected chi connectivity index (χ1v) is 12.1. The van der Waals surface area contributed by atoms with Crippen molar-refractivity contribution in [2.75, 3.05) is 19.0 Å². The highest BCUT2D eigenvalue weighted by atomic mass is 16.5. The Morgan fingerprint density at radius 3 is 2.80 bits per heavy atom. The number of hydrogen-bond acceptors (Lipinski definition) is 5. The quantitative estimate of drug-likeness (QED) is 0.450. The average Bonchev–Trinajstić information content (AvgIpc) is 3.31. The molecule has 9 nitrogen and oxygen atoms in total. The van der Waals surface area contributed by atoms with Crippen molar-refractivity contribution >= 4 is 28.5 Å². The first-order valence-electron chi connectivity index (χ1n) is 12.1. The number of nitrogens with zero attached hydrogens (tertiary/aromatic N) is 1. The van der Waals surface area contributed by atoms with Gasteiger partial charge < -0.3 is 25.3 Å². The van der Waals surface area contributed by atoms with Crippen LogP contribution in [0.3, 0.4) is 0 Å². The van der Waals surface area contributed by atoms with E-state index in [1.165, 1.54) is 0 Å². The molecule has 2 fully saturated rings. The van der Waals surface area contributed by atoms with E-state index in [2.05, 4.69) is 38.5 Å². The molecule has 3 aromatic rings. The molecular formula is C26H31N5O4. The molecular weight excluding hydrogens is 446 g/mol. The molecule has 4 N–H and O–H groups in total. The lowest BCUT2D eigenvalue weighted by molar-refractivity contribution is -0.123. The van der Waals surface area contributed by atoms with Gasteiger partial charge in [0.2, 0.25) is 11.8 Å². The minimum absolute atomic E-state index is 0.0252. The largest absolute Gasteiger partial charge is 0.497 e. The Balaban J connectivity index is 1.43. The fourth-order valence-corrected chi connectivity index (χ4v) is 5.72. The van der Waals surface area contributed by atoms with Gasteiger partial charge in [-0.15, -0.1) is 0 Å². The molecule has 2 aliphatic rings. The molecule has 0 unspecified atom stereocenters. The number of imidazole rings is 1. The summed E-state index contributed by atoms with van der Waals surface area (Å²) in [6, 6.07) is 13.2. The molecule has 1 aromatic heterocycles. The number of anilines is 1. The van der Waals surface area contributed by atoms with E-state index in [-0.39, 0.29) is 36.1 Å². The maximum atomic E-state index is 13.3. The minimum Gasteiger partial charge on any atom is -0.497 e. The molecule has 0 spiro atoms. The van der Waals surface area contributed by atoms with Crippen molar-refractivity contribution in [3.8, 4) is 5.75 Å². The number of hydrogen-bond donors (Lipinski definition) is 4. The van der Waals surface area contributed by atoms with E-state index in [1.54, 1.807) is 25.3 Å². The van der Waals surface area contributed by atoms with Crippen molar-refractivity contribution in [3.63, 3.8) is 0 Å². The van der Waals surface area contributed by atoms with Crippen LogP contribution in [-0.4, -0.2) is 51.9 Å². The summed E-state index contributed by atoms with van der Waals surface area (Å²) in [7, 11) is 1.64. The number of rotatable bonds is 5. The monoisotopic (exact) mass is 477 g/mol. The number of carbonyl (C=O) groups excluding carboxylic acids is 2. The van der Waals surface area contributed by atoms with Gasteiger partial charge in [-0.25, -0.2) is 4.79 Å². The molecule has 5 rings (SSSR count). The molecule has 3 heterocycles. The second-order valence-corrected chi connectivity index (χ2v) is 9.78. The van der Waals surface area contributed by atoms with Gasteiger partial charge >= 0.3 is 5.69 Å². The van der Waals surface area contributed by atoms with E-state index in [1.807, 2.05) is 18.2 Å². The van der Waals surface area contributed by atoms with Gasteiger partial charge in [-0.05, 0) is 62.1 Å². The van der Waals surface area contributed by atoms with E-state index in [9.17, 15) is 14.4 Å². The number of nitrogens with one attached hydrogen (secondary N) is 4. The smallest absolute Gasteiger partial charge is 0.323 e. The van der Waals surface area contributed by atoms with E-state index < -0.39 is 5.54 Å². The van der Waals surface area contributed by atoms with Crippen LogP contribution in [0.1, 0.15) is 50.6 Å². The number of likely N-dealkylation sites (tertiary alicyclic amines) is 1. The Hall–Kier alpha value is -3.59. The molecule has 0 aliphatic carbocycles. The number of fused-ring (bicyclic) bond motifs is 2. The number of carbonyl (C=O) groups is 2. The summed E-state index contributed by atoms with van der Waals surface area (Å²) < 4.78 is 5.45. The van der Waals surface area contributed by atoms with E-state index in [0.717, 1.165) is 30.6 Å². The minimum atomic E-state index is -0.435. The highest BCUT2D eigenvalue weighted by molar-refractivity contribution is 5.94. The molecule has 2 aromatic carbocycles. The van der Waals surface area contributed by atoms with Crippen LogP contribution in [-0.2, 0) is 9.59 Å². The SMILES string of the molecule is COc1cccc([C@@H]2C[C@]3(C)NC(=O)CCCC[C@@H]3N2CC(=O)Nc2ccc3[nH]c(=O)[nH]c3c2)c1. The van der Waals surface area contributed by atoms with Crippen molar-refractivity contribution in [1.82, 2.24) is 20.2 Å². The van der Waals surface area contributed by atoms with Crippen LogP contribution >= 0.6 is 0 Å². The van der Waals surface area contributed by atoms with Crippen LogP contribution < -0.4 is 21.1 Å². The summed E-state index contributed by atoms with van der Waals surface area (Å²) in [6.07, 6.45) is 3.93. The molecule has 0 bridgehead atoms. The zero-order valence-corrected chi connectivity index (χ0v) is 20.0. The van der Waals surface area contributed by atoms with E-state index in [0.29, 0.717) is 29.6 Å². The van der Waals surface area contributed by atoms with Crippen LogP contribution in [0.4, 0.5) is 5.69 Å². The van der Waals surface area contributed by atoms with Gasteiger partial charge in [-0.1, -0.05) is 18.6 Å². The molecule has 3 atom stereocenters. The predicted octanol–water partition coefficient (Wildman–Crippen LogP) is 3.07. The Morgan fingerprint density at radius 2 is 1.97 bits per heavy atom. The van der Waals surface area contributed by atoms with Crippen LogP contribution in [0.25, 0.3) is 11.0 Å². The molecule has 35 heavy (non-hydrogen) atoms. The zero-order chi connectivity index (χ0) is 24.6. The molecule has 2 aliphatic heterocycles. The summed E-state index contributed by atoms with van der Waals surface area (Å²) >= 11 is 0. The highest BCUT2D eigenvalue weighted by Gasteiger charge is 2.51. The lowest BCUT2D eigenvalue weighted by Crippen LogP contribution is -2.56. The van der Waals surface area contributed by atoms with Gasteiger partial charge in [-0.2, -0.15) is 0 Å². The summed E-state index contributed by atoms with van der Waals surface area (Å²) in [6.45, 7) is 2.28. The van der Waals surface area contributed by atoms with Crippen molar-refractivity contribution in [3.05, 3.63) is 58.5 Å². The molecule has 0 saturated carbocycles. The number of aromatic nitrogens is 2. The van der Waals surface area contributed by atoms with Gasteiger partial charge in [-0.3, -0.25) is 14.5 Å². The Morgan fingerprint density at radius 1 is 1.14 bits per heavy atom.